The molecule has 0 aliphatic carbocycles. The number of nitro benzene ring substituents is 1. The summed E-state index contributed by atoms with van der Waals surface area (Å²) in [6.45, 7) is -0.601. The Morgan fingerprint density at radius 1 is 1.25 bits per heavy atom. The molecule has 3 aromatic rings. The van der Waals surface area contributed by atoms with Gasteiger partial charge in [-0.05, 0) is 24.3 Å². The highest BCUT2D eigenvalue weighted by Gasteiger charge is 2.15. The van der Waals surface area contributed by atoms with Gasteiger partial charge in [0.15, 0.2) is 11.8 Å². The van der Waals surface area contributed by atoms with Crippen molar-refractivity contribution in [3.05, 3.63) is 75.7 Å². The quantitative estimate of drug-likeness (QED) is 0.294. The monoisotopic (exact) mass is 400 g/mol. The van der Waals surface area contributed by atoms with Crippen LogP contribution in [-0.4, -0.2) is 32.8 Å². The lowest BCUT2D eigenvalue weighted by Crippen LogP contribution is -2.20. The third-order valence-electron chi connectivity index (χ3n) is 3.62. The molecule has 10 heteroatoms. The molecule has 1 amide bonds. The first-order chi connectivity index (χ1) is 13.5. The molecule has 0 saturated carbocycles. The number of anilines is 1. The van der Waals surface area contributed by atoms with Crippen LogP contribution in [0.2, 0.25) is 5.15 Å². The molecule has 2 heterocycles. The summed E-state index contributed by atoms with van der Waals surface area (Å²) in [7, 11) is 0. The maximum absolute atomic E-state index is 11.9. The largest absolute Gasteiger partial charge is 0.452 e. The van der Waals surface area contributed by atoms with Gasteiger partial charge in [-0.1, -0.05) is 29.8 Å². The Labute approximate surface area is 163 Å². The van der Waals surface area contributed by atoms with Gasteiger partial charge in [-0.25, -0.2) is 9.78 Å². The van der Waals surface area contributed by atoms with E-state index in [1.807, 2.05) is 0 Å². The van der Waals surface area contributed by atoms with Crippen LogP contribution in [-0.2, 0) is 14.3 Å². The highest BCUT2D eigenvalue weighted by atomic mass is 35.5. The molecule has 28 heavy (non-hydrogen) atoms. The van der Waals surface area contributed by atoms with Crippen LogP contribution in [0.15, 0.2) is 54.7 Å². The van der Waals surface area contributed by atoms with E-state index in [2.05, 4.69) is 10.3 Å². The summed E-state index contributed by atoms with van der Waals surface area (Å²) >= 11 is 6.05. The summed E-state index contributed by atoms with van der Waals surface area (Å²) < 4.78 is 6.53. The van der Waals surface area contributed by atoms with Crippen LogP contribution >= 0.6 is 11.6 Å². The van der Waals surface area contributed by atoms with Gasteiger partial charge < -0.3 is 10.1 Å². The first-order valence-electron chi connectivity index (χ1n) is 7.96. The average Bonchev–Trinajstić information content (AvgIpc) is 3.00. The van der Waals surface area contributed by atoms with Crippen LogP contribution in [0.4, 0.5) is 11.4 Å². The molecule has 9 nitrogen and oxygen atoms in total. The van der Waals surface area contributed by atoms with Crippen LogP contribution in [0.3, 0.4) is 0 Å². The van der Waals surface area contributed by atoms with Crippen molar-refractivity contribution < 1.29 is 19.2 Å². The van der Waals surface area contributed by atoms with Gasteiger partial charge in [0, 0.05) is 18.3 Å². The molecular weight excluding hydrogens is 388 g/mol. The lowest BCUT2D eigenvalue weighted by molar-refractivity contribution is -0.383. The molecule has 1 N–H and O–H groups in total. The predicted molar refractivity (Wildman–Crippen MR) is 102 cm³/mol. The number of carbonyl (C=O) groups is 2. The van der Waals surface area contributed by atoms with Crippen molar-refractivity contribution in [3.8, 4) is 0 Å². The Morgan fingerprint density at radius 2 is 2.00 bits per heavy atom. The lowest BCUT2D eigenvalue weighted by atomic mass is 10.2. The zero-order valence-corrected chi connectivity index (χ0v) is 15.0. The lowest BCUT2D eigenvalue weighted by Gasteiger charge is -2.05. The molecule has 0 aliphatic rings. The van der Waals surface area contributed by atoms with Crippen LogP contribution in [0.1, 0.15) is 5.69 Å². The number of amides is 1. The van der Waals surface area contributed by atoms with E-state index in [1.54, 1.807) is 28.8 Å². The van der Waals surface area contributed by atoms with Crippen molar-refractivity contribution in [1.82, 2.24) is 9.38 Å². The standard InChI is InChI=1S/C18H13ClN4O5/c19-18-14(22-10-4-3-7-15(22)21-18)8-9-17(25)28-11-16(24)20-12-5-1-2-6-13(12)23(26)27/h1-10H,11H2,(H,20,24)/b9-8+. The number of benzene rings is 1. The van der Waals surface area contributed by atoms with Crippen molar-refractivity contribution in [2.45, 2.75) is 0 Å². The number of ether oxygens (including phenoxy) is 1. The van der Waals surface area contributed by atoms with Gasteiger partial charge in [0.1, 0.15) is 11.3 Å². The molecule has 0 fully saturated rings. The molecule has 1 aromatic carbocycles. The second kappa shape index (κ2) is 8.31. The Morgan fingerprint density at radius 3 is 2.79 bits per heavy atom. The number of hydrogen-bond acceptors (Lipinski definition) is 6. The number of nitrogens with zero attached hydrogens (tertiary/aromatic N) is 3. The fourth-order valence-electron chi connectivity index (χ4n) is 2.39. The van der Waals surface area contributed by atoms with E-state index >= 15 is 0 Å². The minimum absolute atomic E-state index is 0.0154. The number of carbonyl (C=O) groups excluding carboxylic acids is 2. The summed E-state index contributed by atoms with van der Waals surface area (Å²) in [6, 6.07) is 11.0. The number of nitrogens with one attached hydrogen (secondary N) is 1. The van der Waals surface area contributed by atoms with Gasteiger partial charge in [0.05, 0.1) is 10.6 Å². The number of hydrogen-bond donors (Lipinski definition) is 1. The van der Waals surface area contributed by atoms with E-state index in [0.29, 0.717) is 11.3 Å². The molecule has 0 spiro atoms. The molecular formula is C18H13ClN4O5. The molecule has 0 atom stereocenters. The van der Waals surface area contributed by atoms with Crippen LogP contribution in [0.25, 0.3) is 11.7 Å². The predicted octanol–water partition coefficient (Wildman–Crippen LogP) is 3.09. The first-order valence-corrected chi connectivity index (χ1v) is 8.34. The van der Waals surface area contributed by atoms with E-state index in [1.165, 1.54) is 30.3 Å². The SMILES string of the molecule is O=C(COC(=O)/C=C/c1c(Cl)nc2ccccn12)Nc1ccccc1[N+](=O)[O-]. The van der Waals surface area contributed by atoms with Crippen molar-refractivity contribution >= 4 is 46.6 Å². The van der Waals surface area contributed by atoms with Crippen molar-refractivity contribution in [1.29, 1.82) is 0 Å². The first kappa shape index (κ1) is 19.1. The number of aromatic nitrogens is 2. The average molecular weight is 401 g/mol. The Bertz CT molecular complexity index is 1090. The van der Waals surface area contributed by atoms with E-state index in [-0.39, 0.29) is 16.5 Å². The number of esters is 1. The molecule has 0 bridgehead atoms. The summed E-state index contributed by atoms with van der Waals surface area (Å²) in [4.78, 5) is 38.2. The minimum atomic E-state index is -0.778. The summed E-state index contributed by atoms with van der Waals surface area (Å²) in [5.41, 5.74) is 0.855. The fourth-order valence-corrected chi connectivity index (χ4v) is 2.63. The molecule has 0 unspecified atom stereocenters. The molecule has 0 radical (unpaired) electrons. The Balaban J connectivity index is 1.60. The number of para-hydroxylation sites is 2. The number of imidazole rings is 1. The number of fused-ring (bicyclic) bond motifs is 1. The van der Waals surface area contributed by atoms with Gasteiger partial charge in [0.25, 0.3) is 11.6 Å². The second-order valence-electron chi connectivity index (χ2n) is 5.48. The third kappa shape index (κ3) is 4.33. The molecule has 3 rings (SSSR count). The maximum Gasteiger partial charge on any atom is 0.331 e. The highest BCUT2D eigenvalue weighted by Crippen LogP contribution is 2.23. The summed E-state index contributed by atoms with van der Waals surface area (Å²) in [6.07, 6.45) is 4.27. The molecule has 0 saturated heterocycles. The van der Waals surface area contributed by atoms with Crippen molar-refractivity contribution in [2.75, 3.05) is 11.9 Å². The number of halogens is 1. The number of rotatable bonds is 6. The molecule has 142 valence electrons. The minimum Gasteiger partial charge on any atom is -0.452 e. The Hall–Kier alpha value is -3.72. The topological polar surface area (TPSA) is 116 Å². The van der Waals surface area contributed by atoms with Crippen LogP contribution < -0.4 is 5.32 Å². The molecule has 2 aromatic heterocycles. The highest BCUT2D eigenvalue weighted by molar-refractivity contribution is 6.31. The zero-order valence-electron chi connectivity index (χ0n) is 14.2. The van der Waals surface area contributed by atoms with E-state index in [4.69, 9.17) is 16.3 Å². The normalized spacial score (nSPS) is 10.9. The van der Waals surface area contributed by atoms with Gasteiger partial charge >= 0.3 is 5.97 Å². The van der Waals surface area contributed by atoms with E-state index in [9.17, 15) is 19.7 Å². The summed E-state index contributed by atoms with van der Waals surface area (Å²) in [5, 5.41) is 13.5. The van der Waals surface area contributed by atoms with E-state index in [0.717, 1.165) is 6.08 Å². The summed E-state index contributed by atoms with van der Waals surface area (Å²) in [5.74, 6) is -1.48. The van der Waals surface area contributed by atoms with Crippen LogP contribution in [0.5, 0.6) is 0 Å². The zero-order chi connectivity index (χ0) is 20.1. The van der Waals surface area contributed by atoms with Gasteiger partial charge in [-0.15, -0.1) is 0 Å². The van der Waals surface area contributed by atoms with E-state index < -0.39 is 23.4 Å². The third-order valence-corrected chi connectivity index (χ3v) is 3.90. The smallest absolute Gasteiger partial charge is 0.331 e. The van der Waals surface area contributed by atoms with Gasteiger partial charge in [-0.2, -0.15) is 0 Å². The van der Waals surface area contributed by atoms with Crippen LogP contribution in [0, 0.1) is 10.1 Å². The van der Waals surface area contributed by atoms with Gasteiger partial charge in [0.2, 0.25) is 0 Å². The number of pyridine rings is 1. The number of nitro groups is 1. The fraction of sp³-hybridized carbons (Fsp3) is 0.0556. The van der Waals surface area contributed by atoms with Crippen molar-refractivity contribution in [2.24, 2.45) is 0 Å². The van der Waals surface area contributed by atoms with Gasteiger partial charge in [-0.3, -0.25) is 19.3 Å². The second-order valence-corrected chi connectivity index (χ2v) is 5.84. The maximum atomic E-state index is 11.9. The Kier molecular flexibility index (Phi) is 5.66. The van der Waals surface area contributed by atoms with Crippen molar-refractivity contribution in [3.63, 3.8) is 0 Å². The molecule has 0 aliphatic heterocycles.